The highest BCUT2D eigenvalue weighted by atomic mass is 79.9. The molecular formula is C15H20BrNO3. The number of ether oxygens (including phenoxy) is 2. The van der Waals surface area contributed by atoms with Crippen molar-refractivity contribution in [3.63, 3.8) is 0 Å². The topological polar surface area (TPSA) is 41.9 Å². The Balaban J connectivity index is 1.74. The Hall–Kier alpha value is -0.780. The van der Waals surface area contributed by atoms with Gasteiger partial charge in [0.2, 0.25) is 0 Å². The SMILES string of the molecule is CC1CCN(Cc2cc3c(cc2Br)OCCO3)CC1O. The van der Waals surface area contributed by atoms with Crippen molar-refractivity contribution in [2.45, 2.75) is 26.0 Å². The average Bonchev–Trinajstić information content (AvgIpc) is 2.44. The molecule has 1 aromatic carbocycles. The van der Waals surface area contributed by atoms with E-state index in [4.69, 9.17) is 9.47 Å². The molecule has 0 radical (unpaired) electrons. The zero-order valence-electron chi connectivity index (χ0n) is 11.6. The van der Waals surface area contributed by atoms with Crippen LogP contribution in [0.5, 0.6) is 11.5 Å². The molecule has 2 aliphatic heterocycles. The molecule has 0 bridgehead atoms. The zero-order chi connectivity index (χ0) is 14.1. The van der Waals surface area contributed by atoms with Crippen molar-refractivity contribution in [3.05, 3.63) is 22.2 Å². The van der Waals surface area contributed by atoms with Gasteiger partial charge in [0.05, 0.1) is 6.10 Å². The number of halogens is 1. The number of benzene rings is 1. The van der Waals surface area contributed by atoms with Crippen LogP contribution in [-0.4, -0.2) is 42.4 Å². The van der Waals surface area contributed by atoms with E-state index in [-0.39, 0.29) is 6.10 Å². The Morgan fingerprint density at radius 1 is 1.30 bits per heavy atom. The number of nitrogens with zero attached hydrogens (tertiary/aromatic N) is 1. The number of rotatable bonds is 2. The Kier molecular flexibility index (Phi) is 4.19. The van der Waals surface area contributed by atoms with E-state index < -0.39 is 0 Å². The molecule has 1 aromatic rings. The van der Waals surface area contributed by atoms with Gasteiger partial charge in [-0.25, -0.2) is 0 Å². The summed E-state index contributed by atoms with van der Waals surface area (Å²) in [7, 11) is 0. The van der Waals surface area contributed by atoms with Crippen molar-refractivity contribution in [1.82, 2.24) is 4.90 Å². The van der Waals surface area contributed by atoms with Crippen LogP contribution in [0.2, 0.25) is 0 Å². The zero-order valence-corrected chi connectivity index (χ0v) is 13.2. The largest absolute Gasteiger partial charge is 0.486 e. The first kappa shape index (κ1) is 14.2. The molecule has 2 atom stereocenters. The lowest BCUT2D eigenvalue weighted by molar-refractivity contribution is 0.0258. The van der Waals surface area contributed by atoms with E-state index in [0.717, 1.165) is 42.0 Å². The maximum atomic E-state index is 9.99. The van der Waals surface area contributed by atoms with Gasteiger partial charge in [-0.1, -0.05) is 22.9 Å². The van der Waals surface area contributed by atoms with Gasteiger partial charge >= 0.3 is 0 Å². The van der Waals surface area contributed by atoms with Crippen LogP contribution in [0.1, 0.15) is 18.9 Å². The fourth-order valence-electron chi connectivity index (χ4n) is 2.73. The number of fused-ring (bicyclic) bond motifs is 1. The first-order valence-electron chi connectivity index (χ1n) is 7.12. The molecule has 0 spiro atoms. The standard InChI is InChI=1S/C15H20BrNO3/c1-10-2-3-17(9-13(10)18)8-11-6-14-15(7-12(11)16)20-5-4-19-14/h6-7,10,13,18H,2-5,8-9H2,1H3. The maximum absolute atomic E-state index is 9.99. The molecular weight excluding hydrogens is 322 g/mol. The van der Waals surface area contributed by atoms with Crippen molar-refractivity contribution in [3.8, 4) is 11.5 Å². The second-order valence-electron chi connectivity index (χ2n) is 5.66. The van der Waals surface area contributed by atoms with Gasteiger partial charge in [-0.05, 0) is 36.6 Å². The Labute approximate surface area is 127 Å². The first-order valence-corrected chi connectivity index (χ1v) is 7.91. The fraction of sp³-hybridized carbons (Fsp3) is 0.600. The summed E-state index contributed by atoms with van der Waals surface area (Å²) < 4.78 is 12.2. The van der Waals surface area contributed by atoms with Crippen LogP contribution in [0, 0.1) is 5.92 Å². The average molecular weight is 342 g/mol. The van der Waals surface area contributed by atoms with E-state index >= 15 is 0 Å². The predicted octanol–water partition coefficient (Wildman–Crippen LogP) is 2.42. The Morgan fingerprint density at radius 2 is 2.00 bits per heavy atom. The van der Waals surface area contributed by atoms with Crippen LogP contribution in [0.25, 0.3) is 0 Å². The van der Waals surface area contributed by atoms with Crippen LogP contribution in [0.4, 0.5) is 0 Å². The summed E-state index contributed by atoms with van der Waals surface area (Å²) in [5, 5.41) is 9.99. The number of piperidine rings is 1. The smallest absolute Gasteiger partial charge is 0.162 e. The van der Waals surface area contributed by atoms with Gasteiger partial charge in [0.15, 0.2) is 11.5 Å². The summed E-state index contributed by atoms with van der Waals surface area (Å²) in [4.78, 5) is 2.29. The molecule has 5 heteroatoms. The Morgan fingerprint density at radius 3 is 2.70 bits per heavy atom. The van der Waals surface area contributed by atoms with E-state index in [2.05, 4.69) is 27.8 Å². The quantitative estimate of drug-likeness (QED) is 0.896. The number of β-amino-alcohol motifs (C(OH)–C–C–N with tert-alkyl or cyclic N) is 1. The second kappa shape index (κ2) is 5.92. The van der Waals surface area contributed by atoms with E-state index in [0.29, 0.717) is 19.1 Å². The van der Waals surface area contributed by atoms with Crippen LogP contribution < -0.4 is 9.47 Å². The van der Waals surface area contributed by atoms with E-state index in [1.165, 1.54) is 5.56 Å². The summed E-state index contributed by atoms with van der Waals surface area (Å²) in [5.74, 6) is 2.02. The lowest BCUT2D eigenvalue weighted by atomic mass is 9.96. The predicted molar refractivity (Wildman–Crippen MR) is 80.2 cm³/mol. The summed E-state index contributed by atoms with van der Waals surface area (Å²) in [6.07, 6.45) is 0.823. The molecule has 2 heterocycles. The fourth-order valence-corrected chi connectivity index (χ4v) is 3.17. The van der Waals surface area contributed by atoms with E-state index in [1.807, 2.05) is 12.1 Å². The lowest BCUT2D eigenvalue weighted by Gasteiger charge is -2.34. The van der Waals surface area contributed by atoms with Gasteiger partial charge in [-0.3, -0.25) is 4.90 Å². The van der Waals surface area contributed by atoms with Crippen LogP contribution in [0.3, 0.4) is 0 Å². The molecule has 1 fully saturated rings. The number of hydrogen-bond donors (Lipinski definition) is 1. The Bertz CT molecular complexity index is 494. The van der Waals surface area contributed by atoms with Gasteiger partial charge in [0.1, 0.15) is 13.2 Å². The van der Waals surface area contributed by atoms with Gasteiger partial charge in [0.25, 0.3) is 0 Å². The van der Waals surface area contributed by atoms with Crippen molar-refractivity contribution < 1.29 is 14.6 Å². The number of aliphatic hydroxyl groups is 1. The van der Waals surface area contributed by atoms with Crippen molar-refractivity contribution in [1.29, 1.82) is 0 Å². The minimum Gasteiger partial charge on any atom is -0.486 e. The van der Waals surface area contributed by atoms with Crippen LogP contribution >= 0.6 is 15.9 Å². The number of hydrogen-bond acceptors (Lipinski definition) is 4. The van der Waals surface area contributed by atoms with E-state index in [1.54, 1.807) is 0 Å². The van der Waals surface area contributed by atoms with Gasteiger partial charge in [-0.15, -0.1) is 0 Å². The molecule has 0 amide bonds. The van der Waals surface area contributed by atoms with Gasteiger partial charge in [-0.2, -0.15) is 0 Å². The lowest BCUT2D eigenvalue weighted by Crippen LogP contribution is -2.42. The minimum atomic E-state index is -0.222. The number of aliphatic hydroxyl groups excluding tert-OH is 1. The summed E-state index contributed by atoms with van der Waals surface area (Å²) in [5.41, 5.74) is 1.18. The van der Waals surface area contributed by atoms with Crippen LogP contribution in [-0.2, 0) is 6.54 Å². The molecule has 4 nitrogen and oxygen atoms in total. The normalized spacial score (nSPS) is 26.6. The van der Waals surface area contributed by atoms with Crippen molar-refractivity contribution >= 4 is 15.9 Å². The molecule has 20 heavy (non-hydrogen) atoms. The second-order valence-corrected chi connectivity index (χ2v) is 6.51. The maximum Gasteiger partial charge on any atom is 0.162 e. The molecule has 1 N–H and O–H groups in total. The molecule has 0 saturated carbocycles. The van der Waals surface area contributed by atoms with Crippen molar-refractivity contribution in [2.24, 2.45) is 5.92 Å². The first-order chi connectivity index (χ1) is 9.63. The molecule has 0 aliphatic carbocycles. The molecule has 3 rings (SSSR count). The van der Waals surface area contributed by atoms with Gasteiger partial charge < -0.3 is 14.6 Å². The highest BCUT2D eigenvalue weighted by Crippen LogP contribution is 2.36. The monoisotopic (exact) mass is 341 g/mol. The highest BCUT2D eigenvalue weighted by molar-refractivity contribution is 9.10. The van der Waals surface area contributed by atoms with Gasteiger partial charge in [0, 0.05) is 17.6 Å². The molecule has 1 saturated heterocycles. The third-order valence-electron chi connectivity index (χ3n) is 4.11. The highest BCUT2D eigenvalue weighted by Gasteiger charge is 2.25. The van der Waals surface area contributed by atoms with E-state index in [9.17, 15) is 5.11 Å². The third-order valence-corrected chi connectivity index (χ3v) is 4.85. The summed E-state index contributed by atoms with van der Waals surface area (Å²) in [6, 6.07) is 4.02. The molecule has 110 valence electrons. The molecule has 0 aromatic heterocycles. The summed E-state index contributed by atoms with van der Waals surface area (Å²) in [6.45, 7) is 5.91. The minimum absolute atomic E-state index is 0.222. The number of likely N-dealkylation sites (tertiary alicyclic amines) is 1. The third kappa shape index (κ3) is 2.95. The molecule has 2 unspecified atom stereocenters. The summed E-state index contributed by atoms with van der Waals surface area (Å²) >= 11 is 3.60. The molecule has 2 aliphatic rings. The van der Waals surface area contributed by atoms with Crippen molar-refractivity contribution in [2.75, 3.05) is 26.3 Å². The van der Waals surface area contributed by atoms with Crippen LogP contribution in [0.15, 0.2) is 16.6 Å².